The van der Waals surface area contributed by atoms with Gasteiger partial charge in [0.1, 0.15) is 5.76 Å². The van der Waals surface area contributed by atoms with Gasteiger partial charge < -0.3 is 9.52 Å². The Morgan fingerprint density at radius 2 is 2.10 bits per heavy atom. The number of nitrogens with zero attached hydrogens (tertiary/aromatic N) is 1. The molecule has 1 N–H and O–H groups in total. The van der Waals surface area contributed by atoms with E-state index in [9.17, 15) is 4.79 Å². The van der Waals surface area contributed by atoms with Gasteiger partial charge in [0.15, 0.2) is 0 Å². The van der Waals surface area contributed by atoms with Crippen LogP contribution in [0.4, 0.5) is 0 Å². The fourth-order valence-corrected chi connectivity index (χ4v) is 2.93. The van der Waals surface area contributed by atoms with Gasteiger partial charge in [0.2, 0.25) is 5.76 Å². The Bertz CT molecular complexity index is 660. The highest BCUT2D eigenvalue weighted by atomic mass is 16.4. The lowest BCUT2D eigenvalue weighted by molar-refractivity contribution is 0.0661. The van der Waals surface area contributed by atoms with Crippen molar-refractivity contribution in [1.82, 2.24) is 4.90 Å². The molecule has 0 spiro atoms. The third-order valence-corrected chi connectivity index (χ3v) is 4.06. The monoisotopic (exact) mass is 285 g/mol. The van der Waals surface area contributed by atoms with E-state index in [1.54, 1.807) is 6.07 Å². The molecule has 0 atom stereocenters. The zero-order valence-corrected chi connectivity index (χ0v) is 12.1. The molecular formula is C17H19NO3. The minimum absolute atomic E-state index is 0.0257. The van der Waals surface area contributed by atoms with Crippen molar-refractivity contribution in [2.24, 2.45) is 0 Å². The van der Waals surface area contributed by atoms with E-state index in [-0.39, 0.29) is 5.76 Å². The molecule has 0 unspecified atom stereocenters. The fourth-order valence-electron chi connectivity index (χ4n) is 2.93. The normalized spacial score (nSPS) is 15.5. The number of aromatic carboxylic acids is 1. The molecule has 0 bridgehead atoms. The smallest absolute Gasteiger partial charge is 0.371 e. The second-order valence-corrected chi connectivity index (χ2v) is 5.58. The zero-order valence-electron chi connectivity index (χ0n) is 12.1. The molecule has 0 radical (unpaired) electrons. The van der Waals surface area contributed by atoms with Gasteiger partial charge in [0, 0.05) is 18.7 Å². The highest BCUT2D eigenvalue weighted by molar-refractivity contribution is 5.84. The van der Waals surface area contributed by atoms with Gasteiger partial charge in [-0.1, -0.05) is 24.3 Å². The average molecular weight is 285 g/mol. The zero-order chi connectivity index (χ0) is 14.8. The lowest BCUT2D eigenvalue weighted by atomic mass is 10.0. The molecule has 0 amide bonds. The van der Waals surface area contributed by atoms with Crippen molar-refractivity contribution < 1.29 is 14.3 Å². The molecule has 0 saturated heterocycles. The van der Waals surface area contributed by atoms with Crippen LogP contribution < -0.4 is 0 Å². The van der Waals surface area contributed by atoms with E-state index < -0.39 is 5.97 Å². The molecule has 3 rings (SSSR count). The number of hydrogen-bond acceptors (Lipinski definition) is 3. The van der Waals surface area contributed by atoms with Crippen molar-refractivity contribution >= 4 is 5.97 Å². The predicted octanol–water partition coefficient (Wildman–Crippen LogP) is 3.23. The standard InChI is InChI=1S/C17H19NO3/c1-12-15(9-16(21-12)17(19)20)11-18-8-4-7-13-5-2-3-6-14(13)10-18/h2-3,5-6,9H,4,7-8,10-11H2,1H3,(H,19,20). The second-order valence-electron chi connectivity index (χ2n) is 5.58. The van der Waals surface area contributed by atoms with E-state index in [0.717, 1.165) is 38.0 Å². The number of carbonyl (C=O) groups is 1. The van der Waals surface area contributed by atoms with E-state index in [2.05, 4.69) is 29.2 Å². The van der Waals surface area contributed by atoms with Gasteiger partial charge in [-0.25, -0.2) is 4.79 Å². The number of carboxylic acid groups (broad SMARTS) is 1. The third kappa shape index (κ3) is 3.00. The minimum Gasteiger partial charge on any atom is -0.475 e. The summed E-state index contributed by atoms with van der Waals surface area (Å²) in [6.45, 7) is 4.48. The van der Waals surface area contributed by atoms with E-state index in [1.807, 2.05) is 6.92 Å². The van der Waals surface area contributed by atoms with E-state index in [1.165, 1.54) is 11.1 Å². The van der Waals surface area contributed by atoms with Crippen LogP contribution in [0.2, 0.25) is 0 Å². The number of fused-ring (bicyclic) bond motifs is 1. The van der Waals surface area contributed by atoms with Crippen molar-refractivity contribution in [3.8, 4) is 0 Å². The number of benzene rings is 1. The first-order valence-electron chi connectivity index (χ1n) is 7.25. The van der Waals surface area contributed by atoms with Crippen LogP contribution in [0.1, 0.15) is 39.4 Å². The highest BCUT2D eigenvalue weighted by Crippen LogP contribution is 2.22. The highest BCUT2D eigenvalue weighted by Gasteiger charge is 2.18. The van der Waals surface area contributed by atoms with Gasteiger partial charge in [-0.3, -0.25) is 4.90 Å². The Morgan fingerprint density at radius 3 is 2.81 bits per heavy atom. The van der Waals surface area contributed by atoms with E-state index >= 15 is 0 Å². The first-order chi connectivity index (χ1) is 10.1. The number of rotatable bonds is 3. The van der Waals surface area contributed by atoms with Crippen molar-refractivity contribution in [1.29, 1.82) is 0 Å². The van der Waals surface area contributed by atoms with Crippen molar-refractivity contribution in [2.75, 3.05) is 6.54 Å². The summed E-state index contributed by atoms with van der Waals surface area (Å²) in [5.74, 6) is -0.284. The summed E-state index contributed by atoms with van der Waals surface area (Å²) in [5, 5.41) is 9.00. The Balaban J connectivity index is 1.78. The maximum atomic E-state index is 11.0. The van der Waals surface area contributed by atoms with Gasteiger partial charge in [0.05, 0.1) is 0 Å². The van der Waals surface area contributed by atoms with Crippen LogP contribution >= 0.6 is 0 Å². The topological polar surface area (TPSA) is 53.7 Å². The molecule has 0 saturated carbocycles. The summed E-state index contributed by atoms with van der Waals surface area (Å²) in [6.07, 6.45) is 2.23. The number of furan rings is 1. The van der Waals surface area contributed by atoms with Crippen molar-refractivity contribution in [2.45, 2.75) is 32.9 Å². The molecule has 4 heteroatoms. The lowest BCUT2D eigenvalue weighted by Crippen LogP contribution is -2.22. The maximum Gasteiger partial charge on any atom is 0.371 e. The SMILES string of the molecule is Cc1oc(C(=O)O)cc1CN1CCCc2ccccc2C1. The lowest BCUT2D eigenvalue weighted by Gasteiger charge is -2.20. The Kier molecular flexibility index (Phi) is 3.80. The molecule has 1 aliphatic rings. The molecule has 2 aromatic rings. The average Bonchev–Trinajstić information content (AvgIpc) is 2.70. The van der Waals surface area contributed by atoms with Gasteiger partial charge in [0.25, 0.3) is 0 Å². The van der Waals surface area contributed by atoms with Crippen LogP contribution in [0.5, 0.6) is 0 Å². The maximum absolute atomic E-state index is 11.0. The van der Waals surface area contributed by atoms with Crippen molar-refractivity contribution in [3.63, 3.8) is 0 Å². The summed E-state index contributed by atoms with van der Waals surface area (Å²) < 4.78 is 5.29. The first-order valence-corrected chi connectivity index (χ1v) is 7.25. The molecule has 110 valence electrons. The molecule has 1 aromatic heterocycles. The van der Waals surface area contributed by atoms with Gasteiger partial charge >= 0.3 is 5.97 Å². The fraction of sp³-hybridized carbons (Fsp3) is 0.353. The van der Waals surface area contributed by atoms with Crippen LogP contribution in [0.15, 0.2) is 34.7 Å². The summed E-state index contributed by atoms with van der Waals surface area (Å²) in [5.41, 5.74) is 3.76. The van der Waals surface area contributed by atoms with Gasteiger partial charge in [-0.15, -0.1) is 0 Å². The summed E-state index contributed by atoms with van der Waals surface area (Å²) in [7, 11) is 0. The van der Waals surface area contributed by atoms with E-state index in [4.69, 9.17) is 9.52 Å². The van der Waals surface area contributed by atoms with Crippen molar-refractivity contribution in [3.05, 3.63) is 58.5 Å². The Hall–Kier alpha value is -2.07. The molecule has 1 aliphatic heterocycles. The number of aryl methyl sites for hydroxylation is 2. The summed E-state index contributed by atoms with van der Waals surface area (Å²) in [4.78, 5) is 13.3. The van der Waals surface area contributed by atoms with Gasteiger partial charge in [-0.05, 0) is 43.5 Å². The molecule has 1 aromatic carbocycles. The largest absolute Gasteiger partial charge is 0.475 e. The van der Waals surface area contributed by atoms with Crippen LogP contribution in [0.3, 0.4) is 0 Å². The predicted molar refractivity (Wildman–Crippen MR) is 79.3 cm³/mol. The summed E-state index contributed by atoms with van der Waals surface area (Å²) >= 11 is 0. The molecule has 21 heavy (non-hydrogen) atoms. The quantitative estimate of drug-likeness (QED) is 0.940. The van der Waals surface area contributed by atoms with E-state index in [0.29, 0.717) is 5.76 Å². The molecular weight excluding hydrogens is 266 g/mol. The van der Waals surface area contributed by atoms with Crippen LogP contribution in [0.25, 0.3) is 0 Å². The van der Waals surface area contributed by atoms with Crippen LogP contribution in [-0.2, 0) is 19.5 Å². The van der Waals surface area contributed by atoms with Crippen LogP contribution in [0, 0.1) is 6.92 Å². The molecule has 0 aliphatic carbocycles. The molecule has 0 fully saturated rings. The number of hydrogen-bond donors (Lipinski definition) is 1. The van der Waals surface area contributed by atoms with Gasteiger partial charge in [-0.2, -0.15) is 0 Å². The Labute approximate surface area is 124 Å². The number of carboxylic acids is 1. The molecule has 2 heterocycles. The minimum atomic E-state index is -1.01. The first kappa shape index (κ1) is 13.9. The summed E-state index contributed by atoms with van der Waals surface area (Å²) in [6, 6.07) is 10.2. The Morgan fingerprint density at radius 1 is 1.33 bits per heavy atom. The third-order valence-electron chi connectivity index (χ3n) is 4.06. The second kappa shape index (κ2) is 5.74. The molecule has 4 nitrogen and oxygen atoms in total. The van der Waals surface area contributed by atoms with Crippen LogP contribution in [-0.4, -0.2) is 22.5 Å².